The van der Waals surface area contributed by atoms with Gasteiger partial charge in [-0.1, -0.05) is 41.9 Å². The molecule has 0 saturated heterocycles. The third-order valence-electron chi connectivity index (χ3n) is 2.88. The highest BCUT2D eigenvalue weighted by molar-refractivity contribution is 7.16. The SMILES string of the molecule is CO[C@H](CNC(=O)/C=C/c1ccccc1)c1ccc(Cl)s1. The number of benzene rings is 1. The molecule has 0 unspecified atom stereocenters. The molecule has 0 fully saturated rings. The molecular formula is C16H16ClNO2S. The second kappa shape index (κ2) is 7.98. The molecule has 21 heavy (non-hydrogen) atoms. The van der Waals surface area contributed by atoms with Crippen molar-refractivity contribution in [3.05, 3.63) is 63.3 Å². The zero-order valence-corrected chi connectivity index (χ0v) is 13.2. The Morgan fingerprint density at radius 3 is 2.71 bits per heavy atom. The molecule has 0 spiro atoms. The van der Waals surface area contributed by atoms with E-state index in [0.717, 1.165) is 10.4 Å². The van der Waals surface area contributed by atoms with Crippen molar-refractivity contribution in [2.75, 3.05) is 13.7 Å². The van der Waals surface area contributed by atoms with Crippen LogP contribution in [-0.4, -0.2) is 19.6 Å². The molecule has 1 N–H and O–H groups in total. The molecule has 3 nitrogen and oxygen atoms in total. The van der Waals surface area contributed by atoms with E-state index in [0.29, 0.717) is 10.9 Å². The van der Waals surface area contributed by atoms with Gasteiger partial charge in [0.15, 0.2) is 0 Å². The largest absolute Gasteiger partial charge is 0.374 e. The molecule has 0 aliphatic rings. The summed E-state index contributed by atoms with van der Waals surface area (Å²) in [6.45, 7) is 0.408. The lowest BCUT2D eigenvalue weighted by atomic mass is 10.2. The molecule has 2 aromatic rings. The minimum atomic E-state index is -0.184. The highest BCUT2D eigenvalue weighted by Crippen LogP contribution is 2.28. The number of rotatable bonds is 6. The number of hydrogen-bond acceptors (Lipinski definition) is 3. The zero-order chi connectivity index (χ0) is 15.1. The van der Waals surface area contributed by atoms with Crippen LogP contribution in [0.4, 0.5) is 0 Å². The van der Waals surface area contributed by atoms with Crippen molar-refractivity contribution in [3.63, 3.8) is 0 Å². The second-order valence-electron chi connectivity index (χ2n) is 4.36. The predicted molar refractivity (Wildman–Crippen MR) is 87.6 cm³/mol. The van der Waals surface area contributed by atoms with E-state index >= 15 is 0 Å². The average molecular weight is 322 g/mol. The van der Waals surface area contributed by atoms with Crippen LogP contribution in [0.2, 0.25) is 4.34 Å². The van der Waals surface area contributed by atoms with E-state index in [-0.39, 0.29) is 12.0 Å². The van der Waals surface area contributed by atoms with Crippen molar-refractivity contribution in [2.24, 2.45) is 0 Å². The van der Waals surface area contributed by atoms with E-state index in [1.165, 1.54) is 17.4 Å². The summed E-state index contributed by atoms with van der Waals surface area (Å²) in [4.78, 5) is 12.8. The Morgan fingerprint density at radius 2 is 2.10 bits per heavy atom. The molecule has 5 heteroatoms. The summed E-state index contributed by atoms with van der Waals surface area (Å²) >= 11 is 7.36. The van der Waals surface area contributed by atoms with Gasteiger partial charge in [-0.25, -0.2) is 0 Å². The summed E-state index contributed by atoms with van der Waals surface area (Å²) in [6.07, 6.45) is 3.11. The smallest absolute Gasteiger partial charge is 0.244 e. The Kier molecular flexibility index (Phi) is 5.99. The van der Waals surface area contributed by atoms with Gasteiger partial charge in [0.1, 0.15) is 6.10 Å². The Morgan fingerprint density at radius 1 is 1.33 bits per heavy atom. The first kappa shape index (κ1) is 15.8. The van der Waals surface area contributed by atoms with E-state index in [4.69, 9.17) is 16.3 Å². The molecule has 1 aromatic carbocycles. The Balaban J connectivity index is 1.86. The van der Waals surface area contributed by atoms with Crippen molar-refractivity contribution in [1.29, 1.82) is 0 Å². The fourth-order valence-electron chi connectivity index (χ4n) is 1.79. The van der Waals surface area contributed by atoms with Gasteiger partial charge in [0, 0.05) is 24.6 Å². The number of halogens is 1. The van der Waals surface area contributed by atoms with Gasteiger partial charge in [0.2, 0.25) is 5.91 Å². The maximum atomic E-state index is 11.8. The van der Waals surface area contributed by atoms with Gasteiger partial charge in [-0.3, -0.25) is 4.79 Å². The van der Waals surface area contributed by atoms with Crippen LogP contribution in [0.15, 0.2) is 48.5 Å². The van der Waals surface area contributed by atoms with Crippen molar-refractivity contribution >= 4 is 34.9 Å². The third kappa shape index (κ3) is 5.01. The molecule has 0 bridgehead atoms. The molecular weight excluding hydrogens is 306 g/mol. The minimum Gasteiger partial charge on any atom is -0.374 e. The number of carbonyl (C=O) groups is 1. The predicted octanol–water partition coefficient (Wildman–Crippen LogP) is 3.92. The highest BCUT2D eigenvalue weighted by Gasteiger charge is 2.13. The van der Waals surface area contributed by atoms with Gasteiger partial charge in [-0.2, -0.15) is 0 Å². The first-order valence-electron chi connectivity index (χ1n) is 6.48. The molecule has 0 aliphatic carbocycles. The van der Waals surface area contributed by atoms with Crippen molar-refractivity contribution < 1.29 is 9.53 Å². The zero-order valence-electron chi connectivity index (χ0n) is 11.6. The molecule has 0 radical (unpaired) electrons. The van der Waals surface area contributed by atoms with Gasteiger partial charge in [-0.05, 0) is 23.8 Å². The Labute approximate surface area is 133 Å². The van der Waals surface area contributed by atoms with Crippen LogP contribution in [0, 0.1) is 0 Å². The number of amides is 1. The first-order valence-corrected chi connectivity index (χ1v) is 7.67. The maximum absolute atomic E-state index is 11.8. The fraction of sp³-hybridized carbons (Fsp3) is 0.188. The number of methoxy groups -OCH3 is 1. The van der Waals surface area contributed by atoms with E-state index in [2.05, 4.69) is 5.32 Å². The number of hydrogen-bond donors (Lipinski definition) is 1. The molecule has 1 aromatic heterocycles. The number of carbonyl (C=O) groups excluding carboxylic acids is 1. The van der Waals surface area contributed by atoms with Gasteiger partial charge in [0.05, 0.1) is 4.34 Å². The Hall–Kier alpha value is -1.62. The molecule has 2 rings (SSSR count). The highest BCUT2D eigenvalue weighted by atomic mass is 35.5. The summed E-state index contributed by atoms with van der Waals surface area (Å²) < 4.78 is 6.09. The fourth-order valence-corrected chi connectivity index (χ4v) is 2.93. The van der Waals surface area contributed by atoms with Gasteiger partial charge < -0.3 is 10.1 Å². The molecule has 1 atom stereocenters. The van der Waals surface area contributed by atoms with Crippen molar-refractivity contribution in [1.82, 2.24) is 5.32 Å². The summed E-state index contributed by atoms with van der Waals surface area (Å²) in [7, 11) is 1.62. The lowest BCUT2D eigenvalue weighted by molar-refractivity contribution is -0.117. The second-order valence-corrected chi connectivity index (χ2v) is 6.10. The minimum absolute atomic E-state index is 0.149. The summed E-state index contributed by atoms with van der Waals surface area (Å²) in [5.41, 5.74) is 0.987. The van der Waals surface area contributed by atoms with E-state index in [9.17, 15) is 4.79 Å². The molecule has 0 saturated carbocycles. The summed E-state index contributed by atoms with van der Waals surface area (Å²) in [5.74, 6) is -0.149. The normalized spacial score (nSPS) is 12.5. The number of nitrogens with one attached hydrogen (secondary N) is 1. The molecule has 0 aliphatic heterocycles. The topological polar surface area (TPSA) is 38.3 Å². The molecule has 110 valence electrons. The maximum Gasteiger partial charge on any atom is 0.244 e. The van der Waals surface area contributed by atoms with Gasteiger partial charge in [-0.15, -0.1) is 11.3 Å². The van der Waals surface area contributed by atoms with Gasteiger partial charge >= 0.3 is 0 Å². The van der Waals surface area contributed by atoms with Crippen molar-refractivity contribution in [2.45, 2.75) is 6.10 Å². The van der Waals surface area contributed by atoms with Crippen LogP contribution < -0.4 is 5.32 Å². The lowest BCUT2D eigenvalue weighted by Crippen LogP contribution is -2.27. The van der Waals surface area contributed by atoms with E-state index < -0.39 is 0 Å². The van der Waals surface area contributed by atoms with Crippen LogP contribution in [0.25, 0.3) is 6.08 Å². The summed E-state index contributed by atoms with van der Waals surface area (Å²) in [6, 6.07) is 13.4. The van der Waals surface area contributed by atoms with Crippen LogP contribution in [0.3, 0.4) is 0 Å². The number of ether oxygens (including phenoxy) is 1. The molecule has 1 amide bonds. The average Bonchev–Trinajstić information content (AvgIpc) is 2.93. The van der Waals surface area contributed by atoms with Crippen LogP contribution in [0.5, 0.6) is 0 Å². The summed E-state index contributed by atoms with van der Waals surface area (Å²) in [5, 5.41) is 2.82. The Bertz CT molecular complexity index is 610. The molecule has 1 heterocycles. The van der Waals surface area contributed by atoms with Crippen LogP contribution >= 0.6 is 22.9 Å². The quantitative estimate of drug-likeness (QED) is 0.819. The van der Waals surface area contributed by atoms with Crippen LogP contribution in [-0.2, 0) is 9.53 Å². The van der Waals surface area contributed by atoms with Crippen LogP contribution in [0.1, 0.15) is 16.5 Å². The lowest BCUT2D eigenvalue weighted by Gasteiger charge is -2.13. The first-order chi connectivity index (χ1) is 10.2. The van der Waals surface area contributed by atoms with Crippen molar-refractivity contribution in [3.8, 4) is 0 Å². The standard InChI is InChI=1S/C16H16ClNO2S/c1-20-13(14-8-9-15(17)21-14)11-18-16(19)10-7-12-5-3-2-4-6-12/h2-10,13H,11H2,1H3,(H,18,19)/b10-7+/t13-/m1/s1. The number of thiophene rings is 1. The third-order valence-corrected chi connectivity index (χ3v) is 4.21. The monoisotopic (exact) mass is 321 g/mol. The van der Waals surface area contributed by atoms with E-state index in [1.54, 1.807) is 13.2 Å². The van der Waals surface area contributed by atoms with Gasteiger partial charge in [0.25, 0.3) is 0 Å². The van der Waals surface area contributed by atoms with E-state index in [1.807, 2.05) is 42.5 Å².